The third-order valence-corrected chi connectivity index (χ3v) is 4.54. The quantitative estimate of drug-likeness (QED) is 0.812. The second-order valence-electron chi connectivity index (χ2n) is 4.69. The second kappa shape index (κ2) is 7.04. The SMILES string of the molecule is CCC(C)CN(CC)C(=O)Cc1sc(=S)[nH]c1C. The summed E-state index contributed by atoms with van der Waals surface area (Å²) in [5, 5.41) is 0. The van der Waals surface area contributed by atoms with Crippen LogP contribution in [-0.4, -0.2) is 28.9 Å². The maximum absolute atomic E-state index is 12.2. The summed E-state index contributed by atoms with van der Waals surface area (Å²) in [6, 6.07) is 0. The van der Waals surface area contributed by atoms with E-state index in [1.165, 1.54) is 11.3 Å². The lowest BCUT2D eigenvalue weighted by atomic mass is 10.1. The summed E-state index contributed by atoms with van der Waals surface area (Å²) < 4.78 is 0.750. The van der Waals surface area contributed by atoms with Crippen LogP contribution in [0.1, 0.15) is 37.8 Å². The van der Waals surface area contributed by atoms with Crippen molar-refractivity contribution >= 4 is 29.5 Å². The van der Waals surface area contributed by atoms with Gasteiger partial charge in [0.2, 0.25) is 5.91 Å². The van der Waals surface area contributed by atoms with Gasteiger partial charge in [-0.2, -0.15) is 0 Å². The smallest absolute Gasteiger partial charge is 0.227 e. The summed E-state index contributed by atoms with van der Waals surface area (Å²) in [4.78, 5) is 18.3. The first-order valence-corrected chi connectivity index (χ1v) is 7.66. The Labute approximate surface area is 118 Å². The summed E-state index contributed by atoms with van der Waals surface area (Å²) >= 11 is 6.60. The average molecular weight is 286 g/mol. The monoisotopic (exact) mass is 286 g/mol. The number of amides is 1. The predicted molar refractivity (Wildman–Crippen MR) is 79.7 cm³/mol. The molecule has 0 saturated heterocycles. The van der Waals surface area contributed by atoms with Gasteiger partial charge in [0.05, 0.1) is 6.42 Å². The van der Waals surface area contributed by atoms with Crippen molar-refractivity contribution in [1.29, 1.82) is 0 Å². The van der Waals surface area contributed by atoms with E-state index < -0.39 is 0 Å². The molecule has 0 aromatic carbocycles. The van der Waals surface area contributed by atoms with E-state index >= 15 is 0 Å². The van der Waals surface area contributed by atoms with Crippen LogP contribution in [0.25, 0.3) is 0 Å². The molecule has 1 rings (SSSR count). The number of aryl methyl sites for hydroxylation is 1. The molecular formula is C13H22N2OS2. The summed E-state index contributed by atoms with van der Waals surface area (Å²) in [5.41, 5.74) is 1.03. The van der Waals surface area contributed by atoms with Gasteiger partial charge in [0.1, 0.15) is 0 Å². The van der Waals surface area contributed by atoms with Crippen molar-refractivity contribution in [2.45, 2.75) is 40.5 Å². The molecule has 0 bridgehead atoms. The lowest BCUT2D eigenvalue weighted by Crippen LogP contribution is -2.35. The van der Waals surface area contributed by atoms with Gasteiger partial charge in [0, 0.05) is 23.7 Å². The first-order valence-electron chi connectivity index (χ1n) is 6.44. The van der Waals surface area contributed by atoms with Crippen molar-refractivity contribution in [3.8, 4) is 0 Å². The lowest BCUT2D eigenvalue weighted by molar-refractivity contribution is -0.130. The number of aromatic nitrogens is 1. The number of carbonyl (C=O) groups excluding carboxylic acids is 1. The summed E-state index contributed by atoms with van der Waals surface area (Å²) in [7, 11) is 0. The van der Waals surface area contributed by atoms with Crippen LogP contribution in [0, 0.1) is 16.8 Å². The molecule has 0 aliphatic rings. The highest BCUT2D eigenvalue weighted by Crippen LogP contribution is 2.16. The number of rotatable bonds is 6. The minimum absolute atomic E-state index is 0.200. The fourth-order valence-electron chi connectivity index (χ4n) is 1.77. The van der Waals surface area contributed by atoms with Crippen LogP contribution in [-0.2, 0) is 11.2 Å². The molecule has 1 heterocycles. The molecule has 1 aromatic heterocycles. The molecule has 18 heavy (non-hydrogen) atoms. The zero-order chi connectivity index (χ0) is 13.7. The lowest BCUT2D eigenvalue weighted by Gasteiger charge is -2.24. The van der Waals surface area contributed by atoms with Gasteiger partial charge in [-0.15, -0.1) is 11.3 Å². The average Bonchev–Trinajstić information content (AvgIpc) is 2.64. The van der Waals surface area contributed by atoms with E-state index in [0.717, 1.165) is 34.0 Å². The number of hydrogen-bond acceptors (Lipinski definition) is 3. The van der Waals surface area contributed by atoms with E-state index in [4.69, 9.17) is 12.2 Å². The Morgan fingerprint density at radius 1 is 1.50 bits per heavy atom. The van der Waals surface area contributed by atoms with E-state index in [1.807, 2.05) is 18.7 Å². The van der Waals surface area contributed by atoms with E-state index in [9.17, 15) is 4.79 Å². The predicted octanol–water partition coefficient (Wildman–Crippen LogP) is 3.55. The molecule has 1 atom stereocenters. The van der Waals surface area contributed by atoms with Crippen LogP contribution < -0.4 is 0 Å². The Balaban J connectivity index is 2.68. The number of aromatic amines is 1. The Kier molecular flexibility index (Phi) is 6.02. The van der Waals surface area contributed by atoms with Crippen LogP contribution in [0.5, 0.6) is 0 Å². The number of H-pyrrole nitrogens is 1. The van der Waals surface area contributed by atoms with Crippen LogP contribution in [0.15, 0.2) is 0 Å². The normalized spacial score (nSPS) is 12.4. The largest absolute Gasteiger partial charge is 0.342 e. The highest BCUT2D eigenvalue weighted by atomic mass is 32.1. The molecule has 0 aliphatic heterocycles. The fraction of sp³-hybridized carbons (Fsp3) is 0.692. The molecule has 1 aromatic rings. The van der Waals surface area contributed by atoms with Crippen molar-refractivity contribution < 1.29 is 4.79 Å². The molecule has 1 amide bonds. The van der Waals surface area contributed by atoms with Gasteiger partial charge in [0.15, 0.2) is 3.95 Å². The van der Waals surface area contributed by atoms with Gasteiger partial charge in [-0.05, 0) is 32.0 Å². The number of hydrogen-bond donors (Lipinski definition) is 1. The maximum atomic E-state index is 12.2. The van der Waals surface area contributed by atoms with Gasteiger partial charge in [-0.3, -0.25) is 4.79 Å². The number of nitrogens with one attached hydrogen (secondary N) is 1. The molecule has 0 saturated carbocycles. The third-order valence-electron chi connectivity index (χ3n) is 3.20. The fourth-order valence-corrected chi connectivity index (χ4v) is 3.05. The van der Waals surface area contributed by atoms with Crippen molar-refractivity contribution in [2.24, 2.45) is 5.92 Å². The highest BCUT2D eigenvalue weighted by molar-refractivity contribution is 7.73. The summed E-state index contributed by atoms with van der Waals surface area (Å²) in [6.07, 6.45) is 1.57. The zero-order valence-electron chi connectivity index (χ0n) is 11.6. The molecule has 5 heteroatoms. The topological polar surface area (TPSA) is 36.1 Å². The van der Waals surface area contributed by atoms with E-state index in [1.54, 1.807) is 0 Å². The molecule has 1 N–H and O–H groups in total. The van der Waals surface area contributed by atoms with Gasteiger partial charge >= 0.3 is 0 Å². The summed E-state index contributed by atoms with van der Waals surface area (Å²) in [6.45, 7) is 9.97. The number of carbonyl (C=O) groups is 1. The van der Waals surface area contributed by atoms with Gasteiger partial charge in [-0.25, -0.2) is 0 Å². The molecule has 0 spiro atoms. The van der Waals surface area contributed by atoms with Crippen molar-refractivity contribution in [1.82, 2.24) is 9.88 Å². The molecule has 1 unspecified atom stereocenters. The molecule has 0 radical (unpaired) electrons. The second-order valence-corrected chi connectivity index (χ2v) is 6.46. The first kappa shape index (κ1) is 15.4. The van der Waals surface area contributed by atoms with Gasteiger partial charge in [0.25, 0.3) is 0 Å². The van der Waals surface area contributed by atoms with Crippen LogP contribution in [0.2, 0.25) is 0 Å². The van der Waals surface area contributed by atoms with E-state index in [2.05, 4.69) is 18.8 Å². The third kappa shape index (κ3) is 4.21. The molecule has 102 valence electrons. The Hall–Kier alpha value is -0.680. The Morgan fingerprint density at radius 2 is 2.17 bits per heavy atom. The number of nitrogens with zero attached hydrogens (tertiary/aromatic N) is 1. The van der Waals surface area contributed by atoms with Crippen molar-refractivity contribution in [3.05, 3.63) is 14.5 Å². The van der Waals surface area contributed by atoms with Crippen molar-refractivity contribution in [2.75, 3.05) is 13.1 Å². The molecule has 0 fully saturated rings. The Morgan fingerprint density at radius 3 is 2.61 bits per heavy atom. The first-order chi connectivity index (χ1) is 8.47. The van der Waals surface area contributed by atoms with Crippen LogP contribution in [0.3, 0.4) is 0 Å². The maximum Gasteiger partial charge on any atom is 0.227 e. The standard InChI is InChI=1S/C13H22N2OS2/c1-5-9(3)8-15(6-2)12(16)7-11-10(4)14-13(17)18-11/h9H,5-8H2,1-4H3,(H,14,17). The van der Waals surface area contributed by atoms with Gasteiger partial charge in [-0.1, -0.05) is 20.3 Å². The van der Waals surface area contributed by atoms with E-state index in [0.29, 0.717) is 12.3 Å². The Bertz CT molecular complexity index is 450. The highest BCUT2D eigenvalue weighted by Gasteiger charge is 2.16. The molecule has 0 aliphatic carbocycles. The van der Waals surface area contributed by atoms with Crippen LogP contribution in [0.4, 0.5) is 0 Å². The summed E-state index contributed by atoms with van der Waals surface area (Å²) in [5.74, 6) is 0.755. The minimum atomic E-state index is 0.200. The molecule has 3 nitrogen and oxygen atoms in total. The minimum Gasteiger partial charge on any atom is -0.342 e. The number of likely N-dealkylation sites (N-methyl/N-ethyl adjacent to an activating group) is 1. The zero-order valence-corrected chi connectivity index (χ0v) is 13.2. The number of thiazole rings is 1. The van der Waals surface area contributed by atoms with Gasteiger partial charge < -0.3 is 9.88 Å². The van der Waals surface area contributed by atoms with Crippen LogP contribution >= 0.6 is 23.6 Å². The molecular weight excluding hydrogens is 264 g/mol. The van der Waals surface area contributed by atoms with Crippen molar-refractivity contribution in [3.63, 3.8) is 0 Å². The van der Waals surface area contributed by atoms with E-state index in [-0.39, 0.29) is 5.91 Å².